The molecule has 262 valence electrons. The first-order valence-corrected chi connectivity index (χ1v) is 19.1. The number of hydrogen-bond acceptors (Lipinski definition) is 0. The van der Waals surface area contributed by atoms with Crippen LogP contribution >= 0.6 is 0 Å². The lowest BCUT2D eigenvalue weighted by Crippen LogP contribution is -2.04. The van der Waals surface area contributed by atoms with Gasteiger partial charge in [-0.2, -0.15) is 0 Å². The van der Waals surface area contributed by atoms with Crippen LogP contribution in [0.25, 0.3) is 33.4 Å². The van der Waals surface area contributed by atoms with Gasteiger partial charge >= 0.3 is 0 Å². The molecule has 8 rings (SSSR count). The molecule has 0 unspecified atom stereocenters. The fourth-order valence-corrected chi connectivity index (χ4v) is 7.90. The molecule has 0 aliphatic heterocycles. The average Bonchev–Trinajstić information content (AvgIpc) is 3.21. The number of aryl methyl sites for hydroxylation is 4. The van der Waals surface area contributed by atoms with E-state index < -0.39 is 0 Å². The summed E-state index contributed by atoms with van der Waals surface area (Å²) in [4.78, 5) is 0. The van der Waals surface area contributed by atoms with Crippen LogP contribution in [0.1, 0.15) is 67.5 Å². The van der Waals surface area contributed by atoms with Crippen LogP contribution in [0.15, 0.2) is 194 Å². The Labute approximate surface area is 321 Å². The summed E-state index contributed by atoms with van der Waals surface area (Å²) in [6, 6.07) is 72.2. The minimum Gasteiger partial charge on any atom is -0.0616 e. The topological polar surface area (TPSA) is 0 Å². The summed E-state index contributed by atoms with van der Waals surface area (Å²) < 4.78 is 0. The van der Waals surface area contributed by atoms with Gasteiger partial charge in [0.2, 0.25) is 0 Å². The highest BCUT2D eigenvalue weighted by atomic mass is 14.2. The van der Waals surface area contributed by atoms with Crippen molar-refractivity contribution in [1.29, 1.82) is 0 Å². The third-order valence-electron chi connectivity index (χ3n) is 10.8. The smallest absolute Gasteiger partial charge is 0.0340 e. The molecule has 54 heavy (non-hydrogen) atoms. The molecule has 0 amide bonds. The van der Waals surface area contributed by atoms with Gasteiger partial charge in [0.25, 0.3) is 0 Å². The molecule has 0 saturated carbocycles. The van der Waals surface area contributed by atoms with E-state index in [1.807, 2.05) is 0 Å². The van der Waals surface area contributed by atoms with Crippen LogP contribution in [-0.2, 0) is 0 Å². The summed E-state index contributed by atoms with van der Waals surface area (Å²) in [6.07, 6.45) is 0. The van der Waals surface area contributed by atoms with Crippen LogP contribution in [0, 0.1) is 27.7 Å². The van der Waals surface area contributed by atoms with Gasteiger partial charge in [-0.05, 0) is 94.5 Å². The van der Waals surface area contributed by atoms with Crippen LogP contribution < -0.4 is 0 Å². The van der Waals surface area contributed by atoms with Crippen molar-refractivity contribution in [3.63, 3.8) is 0 Å². The summed E-state index contributed by atoms with van der Waals surface area (Å²) >= 11 is 0. The van der Waals surface area contributed by atoms with Crippen molar-refractivity contribution in [2.45, 2.75) is 39.5 Å². The zero-order valence-electron chi connectivity index (χ0n) is 31.6. The number of rotatable bonds is 9. The van der Waals surface area contributed by atoms with Crippen molar-refractivity contribution in [3.8, 4) is 33.4 Å². The van der Waals surface area contributed by atoms with Crippen molar-refractivity contribution in [2.24, 2.45) is 0 Å². The summed E-state index contributed by atoms with van der Waals surface area (Å²) in [5, 5.41) is 0. The minimum atomic E-state index is 0.128. The summed E-state index contributed by atoms with van der Waals surface area (Å²) in [7, 11) is 0. The molecule has 8 aromatic rings. The molecular formula is C54H46. The fraction of sp³-hybridized carbons (Fsp3) is 0.111. The zero-order valence-corrected chi connectivity index (χ0v) is 31.6. The average molecular weight is 695 g/mol. The van der Waals surface area contributed by atoms with Crippen molar-refractivity contribution in [1.82, 2.24) is 0 Å². The molecule has 0 saturated heterocycles. The molecule has 0 atom stereocenters. The van der Waals surface area contributed by atoms with E-state index in [4.69, 9.17) is 0 Å². The maximum Gasteiger partial charge on any atom is 0.0340 e. The van der Waals surface area contributed by atoms with E-state index in [9.17, 15) is 0 Å². The van der Waals surface area contributed by atoms with Gasteiger partial charge in [0.15, 0.2) is 0 Å². The largest absolute Gasteiger partial charge is 0.0616 e. The van der Waals surface area contributed by atoms with Crippen LogP contribution in [0.2, 0.25) is 0 Å². The molecule has 0 fully saturated rings. The SMILES string of the molecule is Cc1ccc(C(c2ccc(C)cc2)c2cccc(-c3ccccc3-c3ccccc3-c3cccc(C(c4ccc(C)cc4)c4ccc(C)cc4)c3)c2)cc1. The van der Waals surface area contributed by atoms with E-state index >= 15 is 0 Å². The van der Waals surface area contributed by atoms with Crippen LogP contribution in [0.3, 0.4) is 0 Å². The van der Waals surface area contributed by atoms with E-state index in [-0.39, 0.29) is 11.8 Å². The van der Waals surface area contributed by atoms with Crippen LogP contribution in [0.4, 0.5) is 0 Å². The predicted octanol–water partition coefficient (Wildman–Crippen LogP) is 14.3. The van der Waals surface area contributed by atoms with Gasteiger partial charge in [-0.1, -0.05) is 216 Å². The monoisotopic (exact) mass is 694 g/mol. The van der Waals surface area contributed by atoms with Gasteiger partial charge in [0.1, 0.15) is 0 Å². The van der Waals surface area contributed by atoms with Crippen LogP contribution in [0.5, 0.6) is 0 Å². The zero-order chi connectivity index (χ0) is 37.0. The van der Waals surface area contributed by atoms with Crippen molar-refractivity contribution in [3.05, 3.63) is 250 Å². The van der Waals surface area contributed by atoms with Gasteiger partial charge in [0, 0.05) is 11.8 Å². The second-order valence-corrected chi connectivity index (χ2v) is 14.9. The Hall–Kier alpha value is -6.24. The molecule has 0 aliphatic rings. The number of hydrogen-bond donors (Lipinski definition) is 0. The van der Waals surface area contributed by atoms with Gasteiger partial charge < -0.3 is 0 Å². The third-order valence-corrected chi connectivity index (χ3v) is 10.8. The molecule has 0 spiro atoms. The van der Waals surface area contributed by atoms with Gasteiger partial charge in [0.05, 0.1) is 0 Å². The molecule has 0 heteroatoms. The Morgan fingerprint density at radius 3 is 0.815 bits per heavy atom. The summed E-state index contributed by atoms with van der Waals surface area (Å²) in [5.41, 5.74) is 20.2. The van der Waals surface area contributed by atoms with E-state index in [1.54, 1.807) is 0 Å². The Balaban J connectivity index is 1.22. The van der Waals surface area contributed by atoms with Gasteiger partial charge in [-0.15, -0.1) is 0 Å². The maximum absolute atomic E-state index is 2.40. The Kier molecular flexibility index (Phi) is 9.93. The number of benzene rings is 8. The fourth-order valence-electron chi connectivity index (χ4n) is 7.90. The first-order chi connectivity index (χ1) is 26.4. The molecule has 0 bridgehead atoms. The lowest BCUT2D eigenvalue weighted by Gasteiger charge is -2.22. The molecule has 0 N–H and O–H groups in total. The summed E-state index contributed by atoms with van der Waals surface area (Å²) in [6.45, 7) is 8.62. The van der Waals surface area contributed by atoms with Gasteiger partial charge in [-0.25, -0.2) is 0 Å². The molecular weight excluding hydrogens is 649 g/mol. The molecule has 0 aromatic heterocycles. The Morgan fingerprint density at radius 2 is 0.519 bits per heavy atom. The second kappa shape index (κ2) is 15.4. The molecule has 0 aliphatic carbocycles. The quantitative estimate of drug-likeness (QED) is 0.132. The van der Waals surface area contributed by atoms with Crippen LogP contribution in [-0.4, -0.2) is 0 Å². The highest BCUT2D eigenvalue weighted by Gasteiger charge is 2.21. The van der Waals surface area contributed by atoms with E-state index in [0.29, 0.717) is 0 Å². The molecule has 0 nitrogen and oxygen atoms in total. The first-order valence-electron chi connectivity index (χ1n) is 19.1. The molecule has 0 radical (unpaired) electrons. The summed E-state index contributed by atoms with van der Waals surface area (Å²) in [5.74, 6) is 0.256. The lowest BCUT2D eigenvalue weighted by atomic mass is 9.82. The maximum atomic E-state index is 2.40. The van der Waals surface area contributed by atoms with E-state index in [0.717, 1.165) is 0 Å². The van der Waals surface area contributed by atoms with Gasteiger partial charge in [-0.3, -0.25) is 0 Å². The van der Waals surface area contributed by atoms with E-state index in [2.05, 4.69) is 222 Å². The van der Waals surface area contributed by atoms with Crippen molar-refractivity contribution >= 4 is 0 Å². The molecule has 0 heterocycles. The van der Waals surface area contributed by atoms with Crippen molar-refractivity contribution in [2.75, 3.05) is 0 Å². The molecule has 8 aromatic carbocycles. The van der Waals surface area contributed by atoms with Crippen molar-refractivity contribution < 1.29 is 0 Å². The first kappa shape index (κ1) is 34.8. The standard InChI is InChI=1S/C54H46/c1-37-19-27-41(28-20-37)53(42-29-21-38(2)22-30-42)47-13-9-11-45(35-47)49-15-5-7-17-51(49)52-18-8-6-16-50(52)46-12-10-14-48(36-46)54(43-31-23-39(3)24-32-43)44-33-25-40(4)26-34-44/h5-36,53-54H,1-4H3. The van der Waals surface area contributed by atoms with E-state index in [1.165, 1.54) is 89.0 Å². The minimum absolute atomic E-state index is 0.128. The normalized spacial score (nSPS) is 11.3. The Morgan fingerprint density at radius 1 is 0.241 bits per heavy atom. The Bertz CT molecular complexity index is 2230. The highest BCUT2D eigenvalue weighted by Crippen LogP contribution is 2.42. The second-order valence-electron chi connectivity index (χ2n) is 14.9. The highest BCUT2D eigenvalue weighted by molar-refractivity contribution is 5.92. The lowest BCUT2D eigenvalue weighted by molar-refractivity contribution is 0.975. The predicted molar refractivity (Wildman–Crippen MR) is 229 cm³/mol. The third kappa shape index (κ3) is 7.34.